The minimum atomic E-state index is -4.79. The standard InChI is InChI=1S/C14H9F3N2O3S2/c15-14(16,17)22-11-5-3-10(4-6-11)19-9-12(8-18)24(20,21)13-2-1-7-23-13/h1-7,9,19H/b12-9+. The summed E-state index contributed by atoms with van der Waals surface area (Å²) in [6.07, 6.45) is -3.81. The average molecular weight is 374 g/mol. The highest BCUT2D eigenvalue weighted by molar-refractivity contribution is 7.97. The van der Waals surface area contributed by atoms with Crippen molar-refractivity contribution < 1.29 is 26.3 Å². The van der Waals surface area contributed by atoms with E-state index in [0.717, 1.165) is 29.7 Å². The highest BCUT2D eigenvalue weighted by atomic mass is 32.2. The first-order valence-corrected chi connectivity index (χ1v) is 8.60. The van der Waals surface area contributed by atoms with Crippen LogP contribution < -0.4 is 10.1 Å². The quantitative estimate of drug-likeness (QED) is 0.803. The molecule has 0 amide bonds. The molecule has 126 valence electrons. The predicted molar refractivity (Wildman–Crippen MR) is 81.9 cm³/mol. The number of anilines is 1. The minimum Gasteiger partial charge on any atom is -0.406 e. The summed E-state index contributed by atoms with van der Waals surface area (Å²) in [4.78, 5) is -0.513. The number of nitrogens with one attached hydrogen (secondary N) is 1. The number of allylic oxidation sites excluding steroid dienone is 1. The molecule has 5 nitrogen and oxygen atoms in total. The summed E-state index contributed by atoms with van der Waals surface area (Å²) >= 11 is 0.972. The van der Waals surface area contributed by atoms with Gasteiger partial charge < -0.3 is 10.1 Å². The second kappa shape index (κ2) is 6.94. The number of halogens is 3. The molecule has 0 radical (unpaired) electrons. The Hall–Kier alpha value is -2.51. The summed E-state index contributed by atoms with van der Waals surface area (Å²) in [6.45, 7) is 0. The topological polar surface area (TPSA) is 79.2 Å². The fraction of sp³-hybridized carbons (Fsp3) is 0.0714. The number of nitrogens with zero attached hydrogens (tertiary/aromatic N) is 1. The molecule has 0 unspecified atom stereocenters. The van der Waals surface area contributed by atoms with Crippen molar-refractivity contribution >= 4 is 26.9 Å². The molecule has 0 atom stereocenters. The van der Waals surface area contributed by atoms with Crippen molar-refractivity contribution in [2.24, 2.45) is 0 Å². The molecule has 1 N–H and O–H groups in total. The van der Waals surface area contributed by atoms with Crippen molar-refractivity contribution in [3.63, 3.8) is 0 Å². The normalized spacial score (nSPS) is 12.5. The lowest BCUT2D eigenvalue weighted by Gasteiger charge is -2.09. The number of benzene rings is 1. The van der Waals surface area contributed by atoms with Crippen LogP contribution in [0.4, 0.5) is 18.9 Å². The van der Waals surface area contributed by atoms with E-state index in [9.17, 15) is 21.6 Å². The third kappa shape index (κ3) is 4.50. The molecule has 2 aromatic rings. The molecule has 0 aliphatic rings. The number of thiophene rings is 1. The maximum Gasteiger partial charge on any atom is 0.573 e. The third-order valence-corrected chi connectivity index (χ3v) is 5.68. The van der Waals surface area contributed by atoms with Crippen molar-refractivity contribution in [1.82, 2.24) is 0 Å². The van der Waals surface area contributed by atoms with Gasteiger partial charge in [-0.3, -0.25) is 0 Å². The minimum absolute atomic E-state index is 0.0195. The number of nitriles is 1. The number of alkyl halides is 3. The molecule has 2 rings (SSSR count). The molecule has 10 heteroatoms. The summed E-state index contributed by atoms with van der Waals surface area (Å²) in [6, 6.07) is 9.12. The molecule has 0 fully saturated rings. The van der Waals surface area contributed by atoms with Crippen LogP contribution >= 0.6 is 11.3 Å². The Labute approximate surface area is 139 Å². The molecule has 0 bridgehead atoms. The van der Waals surface area contributed by atoms with Gasteiger partial charge in [0.15, 0.2) is 4.91 Å². The number of hydrogen-bond donors (Lipinski definition) is 1. The van der Waals surface area contributed by atoms with Crippen LogP contribution in [-0.2, 0) is 9.84 Å². The Morgan fingerprint density at radius 3 is 2.42 bits per heavy atom. The molecule has 1 heterocycles. The largest absolute Gasteiger partial charge is 0.573 e. The van der Waals surface area contributed by atoms with Crippen molar-refractivity contribution in [2.45, 2.75) is 10.6 Å². The first-order valence-electron chi connectivity index (χ1n) is 6.23. The SMILES string of the molecule is N#C/C(=C\Nc1ccc(OC(F)(F)F)cc1)S(=O)(=O)c1cccs1. The van der Waals surface area contributed by atoms with E-state index in [1.54, 1.807) is 17.5 Å². The fourth-order valence-corrected chi connectivity index (χ4v) is 3.80. The van der Waals surface area contributed by atoms with Crippen LogP contribution in [0, 0.1) is 11.3 Å². The van der Waals surface area contributed by atoms with E-state index >= 15 is 0 Å². The molecule has 1 aromatic heterocycles. The third-order valence-electron chi connectivity index (χ3n) is 2.62. The molecule has 0 saturated carbocycles. The molecule has 0 aliphatic carbocycles. The van der Waals surface area contributed by atoms with Crippen LogP contribution in [0.15, 0.2) is 57.1 Å². The average Bonchev–Trinajstić information content (AvgIpc) is 3.03. The Kier molecular flexibility index (Phi) is 5.16. The van der Waals surface area contributed by atoms with Gasteiger partial charge in [-0.25, -0.2) is 8.42 Å². The molecule has 0 saturated heterocycles. The Morgan fingerprint density at radius 2 is 1.92 bits per heavy atom. The van der Waals surface area contributed by atoms with Crippen molar-refractivity contribution in [1.29, 1.82) is 5.26 Å². The highest BCUT2D eigenvalue weighted by Gasteiger charge is 2.30. The Bertz CT molecular complexity index is 865. The van der Waals surface area contributed by atoms with E-state index < -0.39 is 26.9 Å². The predicted octanol–water partition coefficient (Wildman–Crippen LogP) is 3.90. The van der Waals surface area contributed by atoms with Crippen LogP contribution in [0.25, 0.3) is 0 Å². The second-order valence-electron chi connectivity index (χ2n) is 4.27. The van der Waals surface area contributed by atoms with Crippen LogP contribution in [-0.4, -0.2) is 14.8 Å². The van der Waals surface area contributed by atoms with Crippen LogP contribution in [0.3, 0.4) is 0 Å². The maximum absolute atomic E-state index is 12.2. The molecule has 0 spiro atoms. The van der Waals surface area contributed by atoms with Gasteiger partial charge in [0.05, 0.1) is 0 Å². The van der Waals surface area contributed by atoms with E-state index in [1.807, 2.05) is 0 Å². The Balaban J connectivity index is 2.16. The van der Waals surface area contributed by atoms with Gasteiger partial charge in [-0.2, -0.15) is 5.26 Å². The first-order chi connectivity index (χ1) is 11.2. The summed E-state index contributed by atoms with van der Waals surface area (Å²) in [5.74, 6) is -0.413. The van der Waals surface area contributed by atoms with Gasteiger partial charge in [0.2, 0.25) is 9.84 Å². The summed E-state index contributed by atoms with van der Waals surface area (Å²) in [5, 5.41) is 13.2. The van der Waals surface area contributed by atoms with Crippen molar-refractivity contribution in [2.75, 3.05) is 5.32 Å². The van der Waals surface area contributed by atoms with Gasteiger partial charge in [0, 0.05) is 11.9 Å². The second-order valence-corrected chi connectivity index (χ2v) is 7.37. The molecule has 1 aromatic carbocycles. The zero-order chi connectivity index (χ0) is 17.8. The van der Waals surface area contributed by atoms with Crippen LogP contribution in [0.5, 0.6) is 5.75 Å². The van der Waals surface area contributed by atoms with E-state index in [2.05, 4.69) is 10.1 Å². The van der Waals surface area contributed by atoms with E-state index in [-0.39, 0.29) is 4.21 Å². The van der Waals surface area contributed by atoms with E-state index in [4.69, 9.17) is 5.26 Å². The van der Waals surface area contributed by atoms with Crippen molar-refractivity contribution in [3.05, 3.63) is 52.9 Å². The zero-order valence-corrected chi connectivity index (χ0v) is 13.4. The zero-order valence-electron chi connectivity index (χ0n) is 11.7. The molecule has 24 heavy (non-hydrogen) atoms. The Morgan fingerprint density at radius 1 is 1.25 bits per heavy atom. The number of ether oxygens (including phenoxy) is 1. The van der Waals surface area contributed by atoms with Gasteiger partial charge in [0.25, 0.3) is 0 Å². The lowest BCUT2D eigenvalue weighted by atomic mass is 10.3. The fourth-order valence-electron chi connectivity index (χ4n) is 1.60. The smallest absolute Gasteiger partial charge is 0.406 e. The van der Waals surface area contributed by atoms with Crippen LogP contribution in [0.2, 0.25) is 0 Å². The monoisotopic (exact) mass is 374 g/mol. The van der Waals surface area contributed by atoms with Crippen molar-refractivity contribution in [3.8, 4) is 11.8 Å². The van der Waals surface area contributed by atoms with Gasteiger partial charge in [-0.15, -0.1) is 24.5 Å². The van der Waals surface area contributed by atoms with Gasteiger partial charge >= 0.3 is 6.36 Å². The highest BCUT2D eigenvalue weighted by Crippen LogP contribution is 2.25. The summed E-state index contributed by atoms with van der Waals surface area (Å²) in [5.41, 5.74) is 0.290. The maximum atomic E-state index is 12.2. The number of sulfone groups is 1. The first kappa shape index (κ1) is 17.8. The number of rotatable bonds is 5. The molecular weight excluding hydrogens is 365 g/mol. The molecule has 0 aliphatic heterocycles. The summed E-state index contributed by atoms with van der Waals surface area (Å²) in [7, 11) is -3.93. The molecular formula is C14H9F3N2O3S2. The number of hydrogen-bond acceptors (Lipinski definition) is 6. The lowest BCUT2D eigenvalue weighted by molar-refractivity contribution is -0.274. The van der Waals surface area contributed by atoms with Gasteiger partial charge in [-0.05, 0) is 35.7 Å². The van der Waals surface area contributed by atoms with E-state index in [0.29, 0.717) is 5.69 Å². The van der Waals surface area contributed by atoms with Gasteiger partial charge in [-0.1, -0.05) is 6.07 Å². The lowest BCUT2D eigenvalue weighted by Crippen LogP contribution is -2.16. The van der Waals surface area contributed by atoms with E-state index in [1.165, 1.54) is 18.2 Å². The van der Waals surface area contributed by atoms with Gasteiger partial charge in [0.1, 0.15) is 16.0 Å². The summed E-state index contributed by atoms with van der Waals surface area (Å²) < 4.78 is 64.3. The van der Waals surface area contributed by atoms with Crippen LogP contribution in [0.1, 0.15) is 0 Å².